The fraction of sp³-hybridized carbons (Fsp3) is 0.707. The molecule has 2 aliphatic rings. The van der Waals surface area contributed by atoms with Crippen LogP contribution in [0.1, 0.15) is 170 Å². The lowest BCUT2D eigenvalue weighted by Crippen LogP contribution is -2.45. The first-order valence-corrected chi connectivity index (χ1v) is 19.1. The van der Waals surface area contributed by atoms with Crippen molar-refractivity contribution in [3.8, 4) is 0 Å². The second-order valence-electron chi connectivity index (χ2n) is 17.8. The zero-order valence-corrected chi connectivity index (χ0v) is 34.0. The molecule has 0 radical (unpaired) electrons. The van der Waals surface area contributed by atoms with Crippen molar-refractivity contribution in [3.63, 3.8) is 0 Å². The van der Waals surface area contributed by atoms with Gasteiger partial charge in [-0.2, -0.15) is 0 Å². The molecular weight excluding hydrogens is 606 g/mol. The first-order chi connectivity index (χ1) is 22.6. The van der Waals surface area contributed by atoms with Crippen LogP contribution in [0.15, 0.2) is 36.4 Å². The van der Waals surface area contributed by atoms with Crippen molar-refractivity contribution in [2.24, 2.45) is 0 Å². The monoisotopic (exact) mass is 675 g/mol. The van der Waals surface area contributed by atoms with Crippen LogP contribution in [0.2, 0.25) is 0 Å². The molecule has 0 N–H and O–H groups in total. The third kappa shape index (κ3) is 8.40. The number of hydrogen-bond acceptors (Lipinski definition) is 6. The van der Waals surface area contributed by atoms with Gasteiger partial charge in [-0.1, -0.05) is 91.8 Å². The predicted octanol–water partition coefficient (Wildman–Crippen LogP) is 10.5. The van der Waals surface area contributed by atoms with Gasteiger partial charge in [-0.3, -0.25) is 0 Å². The summed E-state index contributed by atoms with van der Waals surface area (Å²) < 4.78 is 26.7. The molecule has 0 bridgehead atoms. The van der Waals surface area contributed by atoms with Crippen molar-refractivity contribution in [2.45, 2.75) is 170 Å². The average molecular weight is 675 g/mol. The molecule has 0 saturated carbocycles. The van der Waals surface area contributed by atoms with Gasteiger partial charge in [0.15, 0.2) is 0 Å². The van der Waals surface area contributed by atoms with Crippen LogP contribution in [0.3, 0.4) is 0 Å². The number of nitrogens with zero attached hydrogens (tertiary/aromatic N) is 2. The molecule has 0 aliphatic carbocycles. The van der Waals surface area contributed by atoms with E-state index in [4.69, 9.17) is 18.6 Å². The molecular formula is C41H68B2N2O4. The Morgan fingerprint density at radius 3 is 1.24 bits per heavy atom. The molecule has 272 valence electrons. The smallest absolute Gasteiger partial charge is 0.402 e. The molecule has 4 rings (SSSR count). The summed E-state index contributed by atoms with van der Waals surface area (Å²) >= 11 is 0. The van der Waals surface area contributed by atoms with Gasteiger partial charge in [-0.15, -0.1) is 0 Å². The standard InChI is InChI=1S/C41H68B2N2O4/c1-28(2)32-21-19-22-33(29(3)4)36(32)44(27-42-46-38(9,10)39(11,12)47-42)25-17-18-26-45(43-48-40(13,14)41(15,16)49-43)37-34(30(5)6)23-20-24-35(37)31(7)8/h19-24,28-31H,17-18,25-27H2,1-16H3. The van der Waals surface area contributed by atoms with E-state index < -0.39 is 18.5 Å². The van der Waals surface area contributed by atoms with Gasteiger partial charge in [-0.05, 0) is 114 Å². The molecule has 2 heterocycles. The molecule has 0 spiro atoms. The first kappa shape index (κ1) is 39.8. The molecule has 0 amide bonds. The zero-order valence-electron chi connectivity index (χ0n) is 34.0. The van der Waals surface area contributed by atoms with Crippen molar-refractivity contribution in [2.75, 3.05) is 29.2 Å². The van der Waals surface area contributed by atoms with E-state index in [9.17, 15) is 0 Å². The van der Waals surface area contributed by atoms with Crippen molar-refractivity contribution < 1.29 is 18.6 Å². The second-order valence-corrected chi connectivity index (χ2v) is 17.8. The number of para-hydroxylation sites is 2. The summed E-state index contributed by atoms with van der Waals surface area (Å²) in [4.78, 5) is 4.99. The quantitative estimate of drug-likeness (QED) is 0.147. The Kier molecular flexibility index (Phi) is 12.1. The van der Waals surface area contributed by atoms with Gasteiger partial charge in [0.05, 0.1) is 28.8 Å². The molecule has 2 aliphatic heterocycles. The van der Waals surface area contributed by atoms with E-state index in [0.29, 0.717) is 30.1 Å². The van der Waals surface area contributed by atoms with Gasteiger partial charge in [0.25, 0.3) is 0 Å². The molecule has 6 nitrogen and oxygen atoms in total. The molecule has 2 saturated heterocycles. The Morgan fingerprint density at radius 2 is 0.857 bits per heavy atom. The van der Waals surface area contributed by atoms with Gasteiger partial charge in [0.2, 0.25) is 0 Å². The highest BCUT2D eigenvalue weighted by Gasteiger charge is 2.55. The summed E-state index contributed by atoms with van der Waals surface area (Å²) in [6.45, 7) is 37.3. The fourth-order valence-electron chi connectivity index (χ4n) is 7.08. The predicted molar refractivity (Wildman–Crippen MR) is 210 cm³/mol. The summed E-state index contributed by atoms with van der Waals surface area (Å²) in [6, 6.07) is 13.6. The molecule has 2 fully saturated rings. The van der Waals surface area contributed by atoms with Crippen LogP contribution in [-0.2, 0) is 18.6 Å². The Balaban J connectivity index is 1.68. The number of hydrogen-bond donors (Lipinski definition) is 0. The van der Waals surface area contributed by atoms with Gasteiger partial charge < -0.3 is 28.3 Å². The lowest BCUT2D eigenvalue weighted by Gasteiger charge is -2.34. The van der Waals surface area contributed by atoms with Crippen LogP contribution >= 0.6 is 0 Å². The van der Waals surface area contributed by atoms with Crippen molar-refractivity contribution in [3.05, 3.63) is 58.7 Å². The maximum atomic E-state index is 6.77. The van der Waals surface area contributed by atoms with Crippen molar-refractivity contribution >= 4 is 25.7 Å². The first-order valence-electron chi connectivity index (χ1n) is 19.1. The highest BCUT2D eigenvalue weighted by Crippen LogP contribution is 2.43. The molecule has 2 aromatic rings. The van der Waals surface area contributed by atoms with Crippen LogP contribution < -0.4 is 9.71 Å². The number of rotatable bonds is 14. The summed E-state index contributed by atoms with van der Waals surface area (Å²) in [5.74, 6) is 1.54. The normalized spacial score (nSPS) is 19.6. The average Bonchev–Trinajstić information content (AvgIpc) is 3.33. The molecule has 8 heteroatoms. The zero-order chi connectivity index (χ0) is 36.7. The van der Waals surface area contributed by atoms with Crippen LogP contribution in [0.5, 0.6) is 0 Å². The molecule has 0 aromatic heterocycles. The van der Waals surface area contributed by atoms with E-state index in [1.54, 1.807) is 0 Å². The van der Waals surface area contributed by atoms with E-state index in [1.807, 2.05) is 0 Å². The van der Waals surface area contributed by atoms with Crippen LogP contribution in [0.25, 0.3) is 0 Å². The lowest BCUT2D eigenvalue weighted by molar-refractivity contribution is 0.00578. The summed E-state index contributed by atoms with van der Waals surface area (Å²) in [6.07, 6.45) is 2.67. The third-order valence-corrected chi connectivity index (χ3v) is 11.5. The second kappa shape index (κ2) is 14.9. The highest BCUT2D eigenvalue weighted by atomic mass is 16.7. The maximum Gasteiger partial charge on any atom is 0.594 e. The Morgan fingerprint density at radius 1 is 0.510 bits per heavy atom. The maximum absolute atomic E-state index is 6.77. The van der Waals surface area contributed by atoms with E-state index >= 15 is 0 Å². The van der Waals surface area contributed by atoms with Gasteiger partial charge in [0, 0.05) is 24.5 Å². The van der Waals surface area contributed by atoms with Crippen LogP contribution in [-0.4, -0.2) is 56.3 Å². The van der Waals surface area contributed by atoms with Crippen LogP contribution in [0.4, 0.5) is 11.4 Å². The molecule has 0 atom stereocenters. The lowest BCUT2D eigenvalue weighted by atomic mass is 9.86. The Labute approximate surface area is 301 Å². The third-order valence-electron chi connectivity index (χ3n) is 11.5. The topological polar surface area (TPSA) is 43.4 Å². The highest BCUT2D eigenvalue weighted by molar-refractivity contribution is 6.51. The van der Waals surface area contributed by atoms with E-state index in [0.717, 1.165) is 25.9 Å². The Bertz CT molecular complexity index is 1330. The van der Waals surface area contributed by atoms with E-state index in [-0.39, 0.29) is 18.3 Å². The summed E-state index contributed by atoms with van der Waals surface area (Å²) in [7, 11) is -0.768. The summed E-state index contributed by atoms with van der Waals surface area (Å²) in [5, 5.41) is 0. The fourth-order valence-corrected chi connectivity index (χ4v) is 7.08. The minimum Gasteiger partial charge on any atom is -0.402 e. The number of benzene rings is 2. The van der Waals surface area contributed by atoms with Crippen LogP contribution in [0, 0.1) is 0 Å². The number of unbranched alkanes of at least 4 members (excludes halogenated alkanes) is 1. The van der Waals surface area contributed by atoms with Gasteiger partial charge in [0.1, 0.15) is 0 Å². The minimum absolute atomic E-state index is 0.307. The van der Waals surface area contributed by atoms with Gasteiger partial charge in [-0.25, -0.2) is 0 Å². The number of anilines is 2. The van der Waals surface area contributed by atoms with E-state index in [1.165, 1.54) is 33.6 Å². The van der Waals surface area contributed by atoms with Gasteiger partial charge >= 0.3 is 14.4 Å². The van der Waals surface area contributed by atoms with Crippen molar-refractivity contribution in [1.29, 1.82) is 0 Å². The molecule has 49 heavy (non-hydrogen) atoms. The SMILES string of the molecule is CC(C)c1cccc(C(C)C)c1N(CCCCN(B1OC(C)(C)C(C)(C)O1)c1c(C(C)C)cccc1C(C)C)CB1OC(C)(C)C(C)(C)O1. The largest absolute Gasteiger partial charge is 0.594 e. The molecule has 0 unspecified atom stereocenters. The van der Waals surface area contributed by atoms with E-state index in [2.05, 4.69) is 157 Å². The minimum atomic E-state index is -0.461. The molecule has 2 aromatic carbocycles. The Hall–Kier alpha value is -1.99. The van der Waals surface area contributed by atoms with Crippen molar-refractivity contribution in [1.82, 2.24) is 0 Å². The summed E-state index contributed by atoms with van der Waals surface area (Å²) in [5.41, 5.74) is 6.48.